The molecule has 1 aliphatic rings. The van der Waals surface area contributed by atoms with E-state index in [1.807, 2.05) is 42.5 Å². The fourth-order valence-corrected chi connectivity index (χ4v) is 4.55. The third-order valence-electron chi connectivity index (χ3n) is 6.17. The van der Waals surface area contributed by atoms with Crippen molar-refractivity contribution in [2.24, 2.45) is 0 Å². The van der Waals surface area contributed by atoms with Crippen molar-refractivity contribution in [3.8, 4) is 0 Å². The third kappa shape index (κ3) is 6.05. The number of hydrogen-bond acceptors (Lipinski definition) is 3. The van der Waals surface area contributed by atoms with Gasteiger partial charge in [0.2, 0.25) is 5.91 Å². The minimum Gasteiger partial charge on any atom is -0.459 e. The fourth-order valence-electron chi connectivity index (χ4n) is 4.43. The van der Waals surface area contributed by atoms with Gasteiger partial charge in [0, 0.05) is 17.6 Å². The van der Waals surface area contributed by atoms with Crippen molar-refractivity contribution in [3.63, 3.8) is 0 Å². The summed E-state index contributed by atoms with van der Waals surface area (Å²) in [6.07, 6.45) is 7.45. The second-order valence-corrected chi connectivity index (χ2v) is 8.95. The summed E-state index contributed by atoms with van der Waals surface area (Å²) < 4.78 is 5.42. The van der Waals surface area contributed by atoms with Crippen LogP contribution >= 0.6 is 11.6 Å². The number of amides is 2. The monoisotopic (exact) mass is 464 g/mol. The quantitative estimate of drug-likeness (QED) is 0.457. The van der Waals surface area contributed by atoms with Crippen molar-refractivity contribution in [1.82, 2.24) is 10.2 Å². The van der Waals surface area contributed by atoms with Gasteiger partial charge in [-0.25, -0.2) is 0 Å². The normalized spacial score (nSPS) is 15.1. The van der Waals surface area contributed by atoms with Crippen LogP contribution in [0, 0.1) is 0 Å². The Balaban J connectivity index is 1.66. The molecule has 1 aromatic heterocycles. The van der Waals surface area contributed by atoms with Crippen molar-refractivity contribution < 1.29 is 14.0 Å². The number of nitrogens with zero attached hydrogens (tertiary/aromatic N) is 1. The number of carbonyl (C=O) groups is 2. The van der Waals surface area contributed by atoms with Gasteiger partial charge in [-0.2, -0.15) is 0 Å². The highest BCUT2D eigenvalue weighted by Crippen LogP contribution is 2.27. The largest absolute Gasteiger partial charge is 0.459 e. The molecule has 172 valence electrons. The van der Waals surface area contributed by atoms with Crippen molar-refractivity contribution in [3.05, 3.63) is 94.9 Å². The van der Waals surface area contributed by atoms with Crippen LogP contribution in [0.5, 0.6) is 0 Å². The Morgan fingerprint density at radius 2 is 1.70 bits per heavy atom. The summed E-state index contributed by atoms with van der Waals surface area (Å²) >= 11 is 6.12. The van der Waals surface area contributed by atoms with Crippen molar-refractivity contribution in [2.75, 3.05) is 6.54 Å². The summed E-state index contributed by atoms with van der Waals surface area (Å²) in [6, 6.07) is 19.8. The first-order valence-electron chi connectivity index (χ1n) is 11.6. The highest BCUT2D eigenvalue weighted by molar-refractivity contribution is 6.30. The lowest BCUT2D eigenvalue weighted by molar-refractivity contribution is -0.126. The van der Waals surface area contributed by atoms with Crippen LogP contribution in [0.25, 0.3) is 0 Å². The van der Waals surface area contributed by atoms with Gasteiger partial charge in [-0.3, -0.25) is 9.59 Å². The van der Waals surface area contributed by atoms with E-state index in [-0.39, 0.29) is 23.6 Å². The zero-order valence-electron chi connectivity index (χ0n) is 18.6. The Kier molecular flexibility index (Phi) is 7.84. The summed E-state index contributed by atoms with van der Waals surface area (Å²) in [4.78, 5) is 28.8. The van der Waals surface area contributed by atoms with E-state index in [1.54, 1.807) is 29.2 Å². The SMILES string of the molecule is O=C(NC1CCCCC1)[C@@H](c1ccc(Cl)cc1)N(CCc1ccccc1)C(=O)c1ccco1. The molecule has 0 unspecified atom stereocenters. The molecule has 1 saturated carbocycles. The average molecular weight is 465 g/mol. The first kappa shape index (κ1) is 23.1. The lowest BCUT2D eigenvalue weighted by Crippen LogP contribution is -2.47. The molecule has 0 radical (unpaired) electrons. The van der Waals surface area contributed by atoms with Gasteiger partial charge in [0.15, 0.2) is 5.76 Å². The zero-order valence-corrected chi connectivity index (χ0v) is 19.3. The zero-order chi connectivity index (χ0) is 23.0. The van der Waals surface area contributed by atoms with Gasteiger partial charge in [-0.05, 0) is 54.7 Å². The maximum absolute atomic E-state index is 13.7. The number of rotatable bonds is 8. The molecule has 6 heteroatoms. The summed E-state index contributed by atoms with van der Waals surface area (Å²) in [7, 11) is 0. The summed E-state index contributed by atoms with van der Waals surface area (Å²) in [6.45, 7) is 0.370. The second-order valence-electron chi connectivity index (χ2n) is 8.51. The molecule has 1 aliphatic carbocycles. The Hall–Kier alpha value is -3.05. The van der Waals surface area contributed by atoms with Crippen molar-refractivity contribution in [1.29, 1.82) is 0 Å². The van der Waals surface area contributed by atoms with Gasteiger partial charge in [-0.1, -0.05) is 73.3 Å². The van der Waals surface area contributed by atoms with Crippen LogP contribution in [0.3, 0.4) is 0 Å². The Morgan fingerprint density at radius 3 is 2.36 bits per heavy atom. The van der Waals surface area contributed by atoms with Crippen molar-refractivity contribution in [2.45, 2.75) is 50.6 Å². The van der Waals surface area contributed by atoms with Crippen LogP contribution in [0.2, 0.25) is 5.02 Å². The summed E-state index contributed by atoms with van der Waals surface area (Å²) in [5.41, 5.74) is 1.82. The lowest BCUT2D eigenvalue weighted by Gasteiger charge is -2.33. The molecule has 33 heavy (non-hydrogen) atoms. The summed E-state index contributed by atoms with van der Waals surface area (Å²) in [5.74, 6) is -0.264. The first-order valence-corrected chi connectivity index (χ1v) is 11.9. The van der Waals surface area contributed by atoms with Crippen molar-refractivity contribution >= 4 is 23.4 Å². The van der Waals surface area contributed by atoms with Crippen LogP contribution in [0.15, 0.2) is 77.4 Å². The Labute approximate surface area is 199 Å². The standard InChI is InChI=1S/C27H29ClN2O3/c28-22-15-13-21(14-16-22)25(26(31)29-23-10-5-2-6-11-23)30(27(32)24-12-7-19-33-24)18-17-20-8-3-1-4-9-20/h1,3-4,7-9,12-16,19,23,25H,2,5-6,10-11,17-18H2,(H,29,31)/t25-/m1/s1. The molecule has 3 aromatic rings. The fraction of sp³-hybridized carbons (Fsp3) is 0.333. The Morgan fingerprint density at radius 1 is 0.970 bits per heavy atom. The predicted octanol–water partition coefficient (Wildman–Crippen LogP) is 5.81. The van der Waals surface area contributed by atoms with Gasteiger partial charge in [0.1, 0.15) is 6.04 Å². The molecule has 4 rings (SSSR count). The van der Waals surface area contributed by atoms with Gasteiger partial charge < -0.3 is 14.6 Å². The number of halogens is 1. The van der Waals surface area contributed by atoms with E-state index in [0.29, 0.717) is 18.0 Å². The molecule has 0 spiro atoms. The number of benzene rings is 2. The number of carbonyl (C=O) groups excluding carboxylic acids is 2. The number of furan rings is 1. The molecule has 1 atom stereocenters. The molecular weight excluding hydrogens is 436 g/mol. The average Bonchev–Trinajstić information content (AvgIpc) is 3.38. The second kappa shape index (κ2) is 11.2. The van der Waals surface area contributed by atoms with Crippen LogP contribution in [0.1, 0.15) is 59.8 Å². The lowest BCUT2D eigenvalue weighted by atomic mass is 9.94. The van der Waals surface area contributed by atoms with E-state index >= 15 is 0 Å². The van der Waals surface area contributed by atoms with Gasteiger partial charge in [-0.15, -0.1) is 0 Å². The van der Waals surface area contributed by atoms with Crippen LogP contribution in [-0.2, 0) is 11.2 Å². The van der Waals surface area contributed by atoms with Crippen LogP contribution in [0.4, 0.5) is 0 Å². The third-order valence-corrected chi connectivity index (χ3v) is 6.43. The van der Waals surface area contributed by atoms with E-state index in [2.05, 4.69) is 5.32 Å². The Bertz CT molecular complexity index is 1030. The van der Waals surface area contributed by atoms with Gasteiger partial charge in [0.05, 0.1) is 6.26 Å². The topological polar surface area (TPSA) is 62.6 Å². The molecule has 0 bridgehead atoms. The molecule has 2 amide bonds. The molecule has 1 N–H and O–H groups in total. The van der Waals surface area contributed by atoms with E-state index in [1.165, 1.54) is 12.7 Å². The number of nitrogens with one attached hydrogen (secondary N) is 1. The predicted molar refractivity (Wildman–Crippen MR) is 129 cm³/mol. The van der Waals surface area contributed by atoms with E-state index in [9.17, 15) is 9.59 Å². The van der Waals surface area contributed by atoms with Gasteiger partial charge in [0.25, 0.3) is 5.91 Å². The minimum absolute atomic E-state index is 0.135. The number of hydrogen-bond donors (Lipinski definition) is 1. The van der Waals surface area contributed by atoms with Crippen LogP contribution < -0.4 is 5.32 Å². The first-order chi connectivity index (χ1) is 16.1. The smallest absolute Gasteiger partial charge is 0.290 e. The molecule has 5 nitrogen and oxygen atoms in total. The molecular formula is C27H29ClN2O3. The van der Waals surface area contributed by atoms with E-state index in [0.717, 1.165) is 36.8 Å². The van der Waals surface area contributed by atoms with Gasteiger partial charge >= 0.3 is 0 Å². The maximum atomic E-state index is 13.7. The van der Waals surface area contributed by atoms with Crippen LogP contribution in [-0.4, -0.2) is 29.3 Å². The minimum atomic E-state index is -0.787. The highest BCUT2D eigenvalue weighted by atomic mass is 35.5. The van der Waals surface area contributed by atoms with E-state index in [4.69, 9.17) is 16.0 Å². The molecule has 0 saturated heterocycles. The maximum Gasteiger partial charge on any atom is 0.290 e. The van der Waals surface area contributed by atoms with E-state index < -0.39 is 6.04 Å². The molecule has 1 fully saturated rings. The highest BCUT2D eigenvalue weighted by Gasteiger charge is 2.34. The molecule has 1 heterocycles. The summed E-state index contributed by atoms with van der Waals surface area (Å²) in [5, 5.41) is 3.80. The molecule has 0 aliphatic heterocycles. The molecule has 2 aromatic carbocycles.